The summed E-state index contributed by atoms with van der Waals surface area (Å²) in [5.41, 5.74) is 3.63. The Labute approximate surface area is 210 Å². The van der Waals surface area contributed by atoms with Gasteiger partial charge in [0, 0.05) is 31.3 Å². The third-order valence-electron chi connectivity index (χ3n) is 6.08. The number of nitrogens with one attached hydrogen (secondary N) is 1. The zero-order chi connectivity index (χ0) is 25.5. The number of aryl methyl sites for hydroxylation is 1. The summed E-state index contributed by atoms with van der Waals surface area (Å²) in [4.78, 5) is 25.3. The van der Waals surface area contributed by atoms with Crippen molar-refractivity contribution in [2.24, 2.45) is 0 Å². The zero-order valence-electron chi connectivity index (χ0n) is 21.6. The highest BCUT2D eigenvalue weighted by atomic mass is 16.5. The van der Waals surface area contributed by atoms with Gasteiger partial charge in [0.25, 0.3) is 0 Å². The van der Waals surface area contributed by atoms with Crippen molar-refractivity contribution in [1.29, 1.82) is 0 Å². The zero-order valence-corrected chi connectivity index (χ0v) is 21.6. The molecule has 0 aliphatic heterocycles. The molecule has 2 N–H and O–H groups in total. The fraction of sp³-hybridized carbons (Fsp3) is 0.517. The molecule has 0 saturated carbocycles. The van der Waals surface area contributed by atoms with Crippen LogP contribution in [0.15, 0.2) is 42.5 Å². The van der Waals surface area contributed by atoms with E-state index >= 15 is 0 Å². The van der Waals surface area contributed by atoms with E-state index in [2.05, 4.69) is 19.2 Å². The van der Waals surface area contributed by atoms with Gasteiger partial charge in [-0.15, -0.1) is 0 Å². The number of unbranched alkanes of at least 4 members (excludes halogenated alkanes) is 6. The maximum absolute atomic E-state index is 12.7. The summed E-state index contributed by atoms with van der Waals surface area (Å²) in [6.45, 7) is 5.65. The molecule has 2 aromatic rings. The molecule has 0 saturated heterocycles. The Morgan fingerprint density at radius 1 is 0.943 bits per heavy atom. The van der Waals surface area contributed by atoms with Crippen LogP contribution in [0, 0.1) is 0 Å². The summed E-state index contributed by atoms with van der Waals surface area (Å²) in [5.74, 6) is -0.0604. The van der Waals surface area contributed by atoms with Crippen molar-refractivity contribution in [3.05, 3.63) is 48.0 Å². The van der Waals surface area contributed by atoms with Crippen molar-refractivity contribution in [1.82, 2.24) is 5.32 Å². The smallest absolute Gasteiger partial charge is 0.321 e. The standard InChI is InChI=1S/C29H42N2O4/c1-4-6-8-9-10-19-30-29(34)31(3)25-14-12-13-24(22-25)26-17-15-23(16-18-28(32)33)21-27(26)35-20-11-7-5-2/h12-15,17,21-22H,4-11,16,18-20H2,1-3H3,(H,30,34)(H,32,33). The van der Waals surface area contributed by atoms with Gasteiger partial charge in [-0.3, -0.25) is 9.69 Å². The molecule has 0 radical (unpaired) electrons. The van der Waals surface area contributed by atoms with Gasteiger partial charge in [0.2, 0.25) is 0 Å². The fourth-order valence-corrected chi connectivity index (χ4v) is 3.91. The van der Waals surface area contributed by atoms with Crippen molar-refractivity contribution in [3.8, 4) is 16.9 Å². The number of carboxylic acids is 1. The highest BCUT2D eigenvalue weighted by Crippen LogP contribution is 2.33. The number of carbonyl (C=O) groups is 2. The van der Waals surface area contributed by atoms with Crippen LogP contribution in [-0.2, 0) is 11.2 Å². The van der Waals surface area contributed by atoms with Crippen LogP contribution in [0.3, 0.4) is 0 Å². The first-order chi connectivity index (χ1) is 17.0. The van der Waals surface area contributed by atoms with Crippen LogP contribution in [0.5, 0.6) is 5.75 Å². The van der Waals surface area contributed by atoms with Gasteiger partial charge in [0.1, 0.15) is 5.75 Å². The molecule has 0 aliphatic carbocycles. The predicted molar refractivity (Wildman–Crippen MR) is 143 cm³/mol. The van der Waals surface area contributed by atoms with E-state index in [1.165, 1.54) is 19.3 Å². The van der Waals surface area contributed by atoms with Crippen molar-refractivity contribution < 1.29 is 19.4 Å². The van der Waals surface area contributed by atoms with Crippen LogP contribution in [-0.4, -0.2) is 37.3 Å². The van der Waals surface area contributed by atoms with E-state index in [0.29, 0.717) is 19.6 Å². The lowest BCUT2D eigenvalue weighted by Crippen LogP contribution is -2.37. The molecule has 0 atom stereocenters. The molecule has 6 heteroatoms. The number of nitrogens with zero attached hydrogens (tertiary/aromatic N) is 1. The second-order valence-corrected chi connectivity index (χ2v) is 9.04. The largest absolute Gasteiger partial charge is 0.493 e. The Morgan fingerprint density at radius 2 is 1.69 bits per heavy atom. The average Bonchev–Trinajstić information content (AvgIpc) is 2.87. The molecular weight excluding hydrogens is 440 g/mol. The monoisotopic (exact) mass is 482 g/mol. The van der Waals surface area contributed by atoms with Crippen LogP contribution >= 0.6 is 0 Å². The first-order valence-electron chi connectivity index (χ1n) is 13.1. The summed E-state index contributed by atoms with van der Waals surface area (Å²) in [5, 5.41) is 12.1. The lowest BCUT2D eigenvalue weighted by atomic mass is 10.00. The van der Waals surface area contributed by atoms with Crippen molar-refractivity contribution in [3.63, 3.8) is 0 Å². The van der Waals surface area contributed by atoms with E-state index in [9.17, 15) is 9.59 Å². The van der Waals surface area contributed by atoms with Crippen LogP contribution in [0.4, 0.5) is 10.5 Å². The van der Waals surface area contributed by atoms with E-state index < -0.39 is 5.97 Å². The van der Waals surface area contributed by atoms with Crippen molar-refractivity contribution in [2.75, 3.05) is 25.1 Å². The second kappa shape index (κ2) is 15.8. The summed E-state index contributed by atoms with van der Waals surface area (Å²) in [7, 11) is 1.78. The molecule has 0 bridgehead atoms. The van der Waals surface area contributed by atoms with E-state index in [1.54, 1.807) is 11.9 Å². The maximum atomic E-state index is 12.7. The van der Waals surface area contributed by atoms with Gasteiger partial charge in [-0.2, -0.15) is 0 Å². The van der Waals surface area contributed by atoms with E-state index in [1.807, 2.05) is 42.5 Å². The molecule has 35 heavy (non-hydrogen) atoms. The van der Waals surface area contributed by atoms with E-state index in [0.717, 1.165) is 60.2 Å². The molecule has 0 aliphatic rings. The van der Waals surface area contributed by atoms with Crippen LogP contribution in [0.25, 0.3) is 11.1 Å². The maximum Gasteiger partial charge on any atom is 0.321 e. The molecule has 0 aromatic heterocycles. The average molecular weight is 483 g/mol. The number of rotatable bonds is 16. The number of anilines is 1. The SMILES string of the molecule is CCCCCCCNC(=O)N(C)c1cccc(-c2ccc(CCC(=O)O)cc2OCCCCC)c1. The second-order valence-electron chi connectivity index (χ2n) is 9.04. The van der Waals surface area contributed by atoms with Gasteiger partial charge in [-0.25, -0.2) is 4.79 Å². The van der Waals surface area contributed by atoms with Gasteiger partial charge in [-0.1, -0.05) is 76.6 Å². The Kier molecular flexibility index (Phi) is 12.7. The molecule has 0 unspecified atom stereocenters. The minimum Gasteiger partial charge on any atom is -0.493 e. The lowest BCUT2D eigenvalue weighted by molar-refractivity contribution is -0.136. The Balaban J connectivity index is 2.14. The minimum absolute atomic E-state index is 0.0859. The molecule has 0 spiro atoms. The quantitative estimate of drug-likeness (QED) is 0.251. The number of ether oxygens (including phenoxy) is 1. The minimum atomic E-state index is -0.811. The van der Waals surface area contributed by atoms with Gasteiger partial charge < -0.3 is 15.2 Å². The van der Waals surface area contributed by atoms with Gasteiger partial charge >= 0.3 is 12.0 Å². The van der Waals surface area contributed by atoms with Gasteiger partial charge in [-0.05, 0) is 48.6 Å². The van der Waals surface area contributed by atoms with E-state index in [-0.39, 0.29) is 12.5 Å². The number of hydrogen-bond donors (Lipinski definition) is 2. The number of carboxylic acid groups (broad SMARTS) is 1. The summed E-state index contributed by atoms with van der Waals surface area (Å²) in [6.07, 6.45) is 9.52. The summed E-state index contributed by atoms with van der Waals surface area (Å²) in [6, 6.07) is 13.6. The fourth-order valence-electron chi connectivity index (χ4n) is 3.91. The molecule has 2 rings (SSSR count). The first-order valence-corrected chi connectivity index (χ1v) is 13.1. The topological polar surface area (TPSA) is 78.9 Å². The molecule has 192 valence electrons. The van der Waals surface area contributed by atoms with Crippen LogP contribution in [0.2, 0.25) is 0 Å². The highest BCUT2D eigenvalue weighted by Gasteiger charge is 2.14. The van der Waals surface area contributed by atoms with Gasteiger partial charge in [0.15, 0.2) is 0 Å². The predicted octanol–water partition coefficient (Wildman–Crippen LogP) is 7.06. The van der Waals surface area contributed by atoms with Crippen LogP contribution in [0.1, 0.15) is 77.2 Å². The number of urea groups is 1. The number of benzene rings is 2. The lowest BCUT2D eigenvalue weighted by Gasteiger charge is -2.20. The molecular formula is C29H42N2O4. The number of aliphatic carboxylic acids is 1. The number of amides is 2. The Bertz CT molecular complexity index is 929. The normalized spacial score (nSPS) is 10.7. The number of carbonyl (C=O) groups excluding carboxylic acids is 1. The van der Waals surface area contributed by atoms with Crippen LogP contribution < -0.4 is 15.0 Å². The number of hydrogen-bond acceptors (Lipinski definition) is 3. The highest BCUT2D eigenvalue weighted by molar-refractivity contribution is 5.92. The molecule has 0 fully saturated rings. The first kappa shape index (κ1) is 28.2. The van der Waals surface area contributed by atoms with Gasteiger partial charge in [0.05, 0.1) is 6.61 Å². The van der Waals surface area contributed by atoms with Crippen molar-refractivity contribution >= 4 is 17.7 Å². The molecule has 6 nitrogen and oxygen atoms in total. The summed E-state index contributed by atoms with van der Waals surface area (Å²) < 4.78 is 6.14. The Hall–Kier alpha value is -3.02. The summed E-state index contributed by atoms with van der Waals surface area (Å²) >= 11 is 0. The van der Waals surface area contributed by atoms with Crippen molar-refractivity contribution in [2.45, 2.75) is 78.1 Å². The molecule has 2 amide bonds. The Morgan fingerprint density at radius 3 is 2.43 bits per heavy atom. The third-order valence-corrected chi connectivity index (χ3v) is 6.08. The molecule has 0 heterocycles. The van der Waals surface area contributed by atoms with E-state index in [4.69, 9.17) is 9.84 Å². The third kappa shape index (κ3) is 10.0. The molecule has 2 aromatic carbocycles.